The second kappa shape index (κ2) is 3.91. The highest BCUT2D eigenvalue weighted by molar-refractivity contribution is 5.84. The number of H-pyrrole nitrogens is 1. The maximum absolute atomic E-state index is 11.2. The lowest BCUT2D eigenvalue weighted by Gasteiger charge is -1.93. The molecule has 0 aliphatic rings. The van der Waals surface area contributed by atoms with Gasteiger partial charge in [0.15, 0.2) is 0 Å². The molecule has 0 amide bonds. The highest BCUT2D eigenvalue weighted by Crippen LogP contribution is 2.14. The zero-order valence-corrected chi connectivity index (χ0v) is 7.93. The van der Waals surface area contributed by atoms with E-state index in [1.54, 1.807) is 19.2 Å². The quantitative estimate of drug-likeness (QED) is 0.743. The zero-order chi connectivity index (χ0) is 10.7. The predicted octanol–water partition coefficient (Wildman–Crippen LogP) is 0.636. The molecular weight excluding hydrogens is 200 g/mol. The van der Waals surface area contributed by atoms with Crippen LogP contribution in [0.3, 0.4) is 0 Å². The number of hydrogen-bond donors (Lipinski definition) is 1. The number of nitrogens with zero attached hydrogens (tertiary/aromatic N) is 3. The van der Waals surface area contributed by atoms with Gasteiger partial charge in [-0.05, 0) is 13.0 Å². The SMILES string of the molecule is CCOC(=O)c1nnc(-c2ccn[nH]2)o1. The summed E-state index contributed by atoms with van der Waals surface area (Å²) in [6.07, 6.45) is 1.55. The van der Waals surface area contributed by atoms with Gasteiger partial charge in [-0.2, -0.15) is 5.10 Å². The lowest BCUT2D eigenvalue weighted by molar-refractivity contribution is 0.0481. The van der Waals surface area contributed by atoms with E-state index in [-0.39, 0.29) is 18.4 Å². The first-order chi connectivity index (χ1) is 7.31. The molecule has 0 unspecified atom stereocenters. The van der Waals surface area contributed by atoms with Crippen molar-refractivity contribution in [3.05, 3.63) is 18.2 Å². The molecule has 7 nitrogen and oxygen atoms in total. The van der Waals surface area contributed by atoms with Crippen LogP contribution in [0.5, 0.6) is 0 Å². The van der Waals surface area contributed by atoms with Crippen molar-refractivity contribution >= 4 is 5.97 Å². The van der Waals surface area contributed by atoms with Crippen LogP contribution < -0.4 is 0 Å². The van der Waals surface area contributed by atoms with Crippen molar-refractivity contribution in [2.75, 3.05) is 6.61 Å². The average Bonchev–Trinajstić information content (AvgIpc) is 2.89. The third-order valence-electron chi connectivity index (χ3n) is 1.61. The first-order valence-corrected chi connectivity index (χ1v) is 4.31. The van der Waals surface area contributed by atoms with Gasteiger partial charge in [0.25, 0.3) is 5.89 Å². The summed E-state index contributed by atoms with van der Waals surface area (Å²) in [6.45, 7) is 1.96. The molecule has 2 aromatic heterocycles. The zero-order valence-electron chi connectivity index (χ0n) is 7.93. The van der Waals surface area contributed by atoms with Crippen molar-refractivity contribution in [2.45, 2.75) is 6.92 Å². The summed E-state index contributed by atoms with van der Waals surface area (Å²) in [6, 6.07) is 1.66. The normalized spacial score (nSPS) is 10.2. The fraction of sp³-hybridized carbons (Fsp3) is 0.250. The van der Waals surface area contributed by atoms with Crippen LogP contribution in [0.15, 0.2) is 16.7 Å². The molecule has 0 aliphatic heterocycles. The number of nitrogens with one attached hydrogen (secondary N) is 1. The Balaban J connectivity index is 2.21. The van der Waals surface area contributed by atoms with Gasteiger partial charge in [0.05, 0.1) is 6.61 Å². The largest absolute Gasteiger partial charge is 0.459 e. The molecule has 0 bridgehead atoms. The van der Waals surface area contributed by atoms with Crippen molar-refractivity contribution in [1.29, 1.82) is 0 Å². The summed E-state index contributed by atoms with van der Waals surface area (Å²) < 4.78 is 9.77. The summed E-state index contributed by atoms with van der Waals surface area (Å²) in [5.41, 5.74) is 0.554. The van der Waals surface area contributed by atoms with Crippen LogP contribution in [-0.2, 0) is 4.74 Å². The van der Waals surface area contributed by atoms with Crippen molar-refractivity contribution < 1.29 is 13.9 Å². The van der Waals surface area contributed by atoms with Crippen LogP contribution in [0.25, 0.3) is 11.6 Å². The summed E-state index contributed by atoms with van der Waals surface area (Å²) in [4.78, 5) is 11.2. The monoisotopic (exact) mass is 208 g/mol. The third-order valence-corrected chi connectivity index (χ3v) is 1.61. The van der Waals surface area contributed by atoms with E-state index in [4.69, 9.17) is 9.15 Å². The first kappa shape index (κ1) is 9.38. The average molecular weight is 208 g/mol. The van der Waals surface area contributed by atoms with Crippen molar-refractivity contribution in [2.24, 2.45) is 0 Å². The molecule has 0 saturated heterocycles. The number of esters is 1. The van der Waals surface area contributed by atoms with Crippen molar-refractivity contribution in [1.82, 2.24) is 20.4 Å². The van der Waals surface area contributed by atoms with Gasteiger partial charge in [0.1, 0.15) is 5.69 Å². The molecule has 0 spiro atoms. The van der Waals surface area contributed by atoms with E-state index in [0.717, 1.165) is 0 Å². The molecule has 0 aliphatic carbocycles. The van der Waals surface area contributed by atoms with Gasteiger partial charge in [0.2, 0.25) is 0 Å². The van der Waals surface area contributed by atoms with Gasteiger partial charge in [-0.3, -0.25) is 5.10 Å². The molecule has 78 valence electrons. The highest BCUT2D eigenvalue weighted by Gasteiger charge is 2.16. The molecule has 7 heteroatoms. The third kappa shape index (κ3) is 1.85. The first-order valence-electron chi connectivity index (χ1n) is 4.31. The molecule has 2 rings (SSSR count). The topological polar surface area (TPSA) is 93.9 Å². The molecule has 0 atom stereocenters. The van der Waals surface area contributed by atoms with Crippen molar-refractivity contribution in [3.63, 3.8) is 0 Å². The summed E-state index contributed by atoms with van der Waals surface area (Å²) in [7, 11) is 0. The Labute approximate surface area is 84.5 Å². The van der Waals surface area contributed by atoms with Crippen LogP contribution in [0.1, 0.15) is 17.6 Å². The van der Waals surface area contributed by atoms with Gasteiger partial charge in [-0.1, -0.05) is 0 Å². The lowest BCUT2D eigenvalue weighted by atomic mass is 10.4. The van der Waals surface area contributed by atoms with Gasteiger partial charge in [-0.25, -0.2) is 4.79 Å². The standard InChI is InChI=1S/C8H8N4O3/c1-2-14-8(13)7-12-11-6(15-7)5-3-4-9-10-5/h3-4H,2H2,1H3,(H,9,10). The minimum atomic E-state index is -0.629. The lowest BCUT2D eigenvalue weighted by Crippen LogP contribution is -2.04. The maximum Gasteiger partial charge on any atom is 0.396 e. The van der Waals surface area contributed by atoms with Gasteiger partial charge < -0.3 is 9.15 Å². The van der Waals surface area contributed by atoms with E-state index in [2.05, 4.69) is 20.4 Å². The van der Waals surface area contributed by atoms with Crippen LogP contribution in [0.2, 0.25) is 0 Å². The fourth-order valence-electron chi connectivity index (χ4n) is 0.982. The maximum atomic E-state index is 11.2. The summed E-state index contributed by atoms with van der Waals surface area (Å²) in [5.74, 6) is -0.590. The molecule has 0 fully saturated rings. The number of carbonyl (C=O) groups is 1. The van der Waals surface area contributed by atoms with Crippen LogP contribution in [0, 0.1) is 0 Å². The van der Waals surface area contributed by atoms with Crippen LogP contribution >= 0.6 is 0 Å². The Morgan fingerprint density at radius 1 is 1.60 bits per heavy atom. The van der Waals surface area contributed by atoms with Gasteiger partial charge in [0, 0.05) is 6.20 Å². The Kier molecular flexibility index (Phi) is 2.44. The molecular formula is C8H8N4O3. The molecule has 2 heterocycles. The molecule has 0 aromatic carbocycles. The molecule has 2 aromatic rings. The summed E-state index contributed by atoms with van der Waals surface area (Å²) >= 11 is 0. The number of hydrogen-bond acceptors (Lipinski definition) is 6. The Bertz CT molecular complexity index is 448. The number of ether oxygens (including phenoxy) is 1. The van der Waals surface area contributed by atoms with Crippen LogP contribution in [0.4, 0.5) is 0 Å². The van der Waals surface area contributed by atoms with Gasteiger partial charge >= 0.3 is 11.9 Å². The van der Waals surface area contributed by atoms with Crippen molar-refractivity contribution in [3.8, 4) is 11.6 Å². The second-order valence-corrected chi connectivity index (χ2v) is 2.60. The molecule has 0 radical (unpaired) electrons. The smallest absolute Gasteiger partial charge is 0.396 e. The predicted molar refractivity (Wildman–Crippen MR) is 47.8 cm³/mol. The fourth-order valence-corrected chi connectivity index (χ4v) is 0.982. The van der Waals surface area contributed by atoms with E-state index in [0.29, 0.717) is 5.69 Å². The highest BCUT2D eigenvalue weighted by atomic mass is 16.5. The van der Waals surface area contributed by atoms with E-state index in [9.17, 15) is 4.79 Å². The molecule has 0 saturated carbocycles. The summed E-state index contributed by atoms with van der Waals surface area (Å²) in [5, 5.41) is 13.6. The number of rotatable bonds is 3. The van der Waals surface area contributed by atoms with E-state index < -0.39 is 5.97 Å². The number of carbonyl (C=O) groups excluding carboxylic acids is 1. The number of aromatic nitrogens is 4. The van der Waals surface area contributed by atoms with E-state index in [1.165, 1.54) is 0 Å². The molecule has 15 heavy (non-hydrogen) atoms. The van der Waals surface area contributed by atoms with E-state index >= 15 is 0 Å². The Hall–Kier alpha value is -2.18. The van der Waals surface area contributed by atoms with Crippen LogP contribution in [-0.4, -0.2) is 33.0 Å². The Morgan fingerprint density at radius 2 is 2.47 bits per heavy atom. The number of aromatic amines is 1. The Morgan fingerprint density at radius 3 is 3.13 bits per heavy atom. The minimum absolute atomic E-state index is 0.165. The van der Waals surface area contributed by atoms with Gasteiger partial charge in [-0.15, -0.1) is 10.2 Å². The minimum Gasteiger partial charge on any atom is -0.459 e. The second-order valence-electron chi connectivity index (χ2n) is 2.60. The van der Waals surface area contributed by atoms with E-state index in [1.807, 2.05) is 0 Å². The molecule has 1 N–H and O–H groups in total.